The van der Waals surface area contributed by atoms with Crippen molar-refractivity contribution in [1.29, 1.82) is 0 Å². The molecule has 1 rings (SSSR count). The van der Waals surface area contributed by atoms with E-state index in [1.54, 1.807) is 6.92 Å². The van der Waals surface area contributed by atoms with Gasteiger partial charge in [-0.05, 0) is 17.9 Å². The van der Waals surface area contributed by atoms with Gasteiger partial charge in [0.15, 0.2) is 0 Å². The molecule has 15 heavy (non-hydrogen) atoms. The van der Waals surface area contributed by atoms with Crippen molar-refractivity contribution in [2.45, 2.75) is 13.3 Å². The number of nitrogens with one attached hydrogen (secondary N) is 1. The Morgan fingerprint density at radius 2 is 2.27 bits per heavy atom. The maximum atomic E-state index is 11.4. The van der Waals surface area contributed by atoms with Crippen LogP contribution >= 0.6 is 11.3 Å². The molecular formula is C8H11NO4S2. The van der Waals surface area contributed by atoms with Crippen LogP contribution in [-0.2, 0) is 10.0 Å². The highest BCUT2D eigenvalue weighted by Gasteiger charge is 2.16. The minimum Gasteiger partial charge on any atom is -0.478 e. The Labute approximate surface area is 91.8 Å². The topological polar surface area (TPSA) is 83.5 Å². The minimum absolute atomic E-state index is 0.00996. The van der Waals surface area contributed by atoms with Gasteiger partial charge < -0.3 is 5.11 Å². The summed E-state index contributed by atoms with van der Waals surface area (Å²) in [6, 6.07) is 1.37. The van der Waals surface area contributed by atoms with Gasteiger partial charge in [0.25, 0.3) is 0 Å². The first-order chi connectivity index (χ1) is 6.96. The van der Waals surface area contributed by atoms with Crippen LogP contribution < -0.4 is 4.72 Å². The van der Waals surface area contributed by atoms with E-state index in [0.717, 1.165) is 11.3 Å². The number of sulfonamides is 1. The maximum Gasteiger partial charge on any atom is 0.338 e. The van der Waals surface area contributed by atoms with E-state index in [9.17, 15) is 13.2 Å². The van der Waals surface area contributed by atoms with E-state index in [2.05, 4.69) is 4.72 Å². The van der Waals surface area contributed by atoms with Gasteiger partial charge in [0, 0.05) is 0 Å². The SMILES string of the molecule is CCCS(=O)(=O)Nc1sccc1C(=O)O. The molecule has 0 aliphatic carbocycles. The number of hydrogen-bond acceptors (Lipinski definition) is 4. The zero-order valence-corrected chi connectivity index (χ0v) is 9.69. The molecule has 0 aromatic carbocycles. The molecule has 0 spiro atoms. The van der Waals surface area contributed by atoms with Crippen LogP contribution in [-0.4, -0.2) is 25.2 Å². The van der Waals surface area contributed by atoms with Gasteiger partial charge in [-0.25, -0.2) is 13.2 Å². The predicted molar refractivity (Wildman–Crippen MR) is 59.0 cm³/mol. The average Bonchev–Trinajstić information content (AvgIpc) is 2.50. The molecule has 0 atom stereocenters. The van der Waals surface area contributed by atoms with E-state index in [1.807, 2.05) is 0 Å². The molecule has 0 amide bonds. The van der Waals surface area contributed by atoms with Gasteiger partial charge in [-0.15, -0.1) is 11.3 Å². The van der Waals surface area contributed by atoms with E-state index in [-0.39, 0.29) is 16.3 Å². The summed E-state index contributed by atoms with van der Waals surface area (Å²) in [6.07, 6.45) is 0.489. The van der Waals surface area contributed by atoms with Crippen LogP contribution in [0.2, 0.25) is 0 Å². The van der Waals surface area contributed by atoms with Crippen LogP contribution in [0.15, 0.2) is 11.4 Å². The fourth-order valence-corrected chi connectivity index (χ4v) is 3.25. The molecule has 0 unspecified atom stereocenters. The molecule has 5 nitrogen and oxygen atoms in total. The lowest BCUT2D eigenvalue weighted by atomic mass is 10.3. The number of hydrogen-bond donors (Lipinski definition) is 2. The smallest absolute Gasteiger partial charge is 0.338 e. The highest BCUT2D eigenvalue weighted by Crippen LogP contribution is 2.24. The number of rotatable bonds is 5. The Morgan fingerprint density at radius 3 is 2.80 bits per heavy atom. The van der Waals surface area contributed by atoms with Crippen molar-refractivity contribution in [3.63, 3.8) is 0 Å². The van der Waals surface area contributed by atoms with Gasteiger partial charge in [-0.2, -0.15) is 0 Å². The second-order valence-electron chi connectivity index (χ2n) is 2.89. The highest BCUT2D eigenvalue weighted by atomic mass is 32.2. The third-order valence-electron chi connectivity index (χ3n) is 1.62. The van der Waals surface area contributed by atoms with Gasteiger partial charge in [-0.3, -0.25) is 4.72 Å². The van der Waals surface area contributed by atoms with Crippen LogP contribution in [0.3, 0.4) is 0 Å². The Kier molecular flexibility index (Phi) is 3.70. The van der Waals surface area contributed by atoms with Crippen LogP contribution in [0.1, 0.15) is 23.7 Å². The second-order valence-corrected chi connectivity index (χ2v) is 5.65. The summed E-state index contributed by atoms with van der Waals surface area (Å²) < 4.78 is 25.0. The zero-order chi connectivity index (χ0) is 11.5. The van der Waals surface area contributed by atoms with Gasteiger partial charge >= 0.3 is 5.97 Å². The molecule has 0 saturated carbocycles. The summed E-state index contributed by atoms with van der Waals surface area (Å²) in [7, 11) is -3.41. The van der Waals surface area contributed by atoms with E-state index >= 15 is 0 Å². The van der Waals surface area contributed by atoms with Crippen molar-refractivity contribution in [2.75, 3.05) is 10.5 Å². The summed E-state index contributed by atoms with van der Waals surface area (Å²) in [5, 5.41) is 10.5. The Bertz CT molecular complexity index is 449. The van der Waals surface area contributed by atoms with Gasteiger partial charge in [0.1, 0.15) is 5.00 Å². The number of carboxylic acids is 1. The summed E-state index contributed by atoms with van der Waals surface area (Å²) >= 11 is 1.06. The number of thiophene rings is 1. The monoisotopic (exact) mass is 249 g/mol. The lowest BCUT2D eigenvalue weighted by Crippen LogP contribution is -2.16. The number of aromatic carboxylic acids is 1. The molecule has 0 bridgehead atoms. The van der Waals surface area contributed by atoms with Gasteiger partial charge in [0.2, 0.25) is 10.0 Å². The first-order valence-corrected chi connectivity index (χ1v) is 6.80. The third kappa shape index (κ3) is 3.21. The fourth-order valence-electron chi connectivity index (χ4n) is 1.02. The van der Waals surface area contributed by atoms with E-state index in [4.69, 9.17) is 5.11 Å². The molecule has 0 aliphatic heterocycles. The lowest BCUT2D eigenvalue weighted by Gasteiger charge is -2.05. The lowest BCUT2D eigenvalue weighted by molar-refractivity contribution is 0.0698. The second kappa shape index (κ2) is 4.63. The third-order valence-corrected chi connectivity index (χ3v) is 4.04. The summed E-state index contributed by atoms with van der Waals surface area (Å²) in [4.78, 5) is 10.7. The maximum absolute atomic E-state index is 11.4. The quantitative estimate of drug-likeness (QED) is 0.830. The fraction of sp³-hybridized carbons (Fsp3) is 0.375. The summed E-state index contributed by atoms with van der Waals surface area (Å²) in [6.45, 7) is 1.74. The van der Waals surface area contributed by atoms with Crippen molar-refractivity contribution < 1.29 is 18.3 Å². The number of anilines is 1. The summed E-state index contributed by atoms with van der Waals surface area (Å²) in [5.41, 5.74) is -0.0142. The van der Waals surface area contributed by atoms with Gasteiger partial charge in [-0.1, -0.05) is 6.92 Å². The van der Waals surface area contributed by atoms with Crippen LogP contribution in [0.5, 0.6) is 0 Å². The van der Waals surface area contributed by atoms with Gasteiger partial charge in [0.05, 0.1) is 11.3 Å². The van der Waals surface area contributed by atoms with E-state index < -0.39 is 16.0 Å². The Hall–Kier alpha value is -1.08. The first-order valence-electron chi connectivity index (χ1n) is 4.27. The van der Waals surface area contributed by atoms with Crippen LogP contribution in [0.25, 0.3) is 0 Å². The molecule has 0 radical (unpaired) electrons. The van der Waals surface area contributed by atoms with E-state index in [1.165, 1.54) is 11.4 Å². The largest absolute Gasteiger partial charge is 0.478 e. The number of carboxylic acid groups (broad SMARTS) is 1. The van der Waals surface area contributed by atoms with Crippen molar-refractivity contribution in [2.24, 2.45) is 0 Å². The molecule has 0 saturated heterocycles. The normalized spacial score (nSPS) is 11.3. The molecule has 84 valence electrons. The van der Waals surface area contributed by atoms with Crippen molar-refractivity contribution >= 4 is 32.3 Å². The van der Waals surface area contributed by atoms with Crippen LogP contribution in [0.4, 0.5) is 5.00 Å². The minimum atomic E-state index is -3.41. The molecule has 1 aromatic heterocycles. The molecule has 0 aliphatic rings. The molecule has 1 aromatic rings. The molecule has 7 heteroatoms. The zero-order valence-electron chi connectivity index (χ0n) is 8.06. The standard InChI is InChI=1S/C8H11NO4S2/c1-2-5-15(12,13)9-7-6(8(10)11)3-4-14-7/h3-4,9H,2,5H2,1H3,(H,10,11). The van der Waals surface area contributed by atoms with E-state index in [0.29, 0.717) is 6.42 Å². The summed E-state index contributed by atoms with van der Waals surface area (Å²) in [5.74, 6) is -1.14. The molecule has 0 fully saturated rings. The Balaban J connectivity index is 2.90. The first kappa shape index (κ1) is 12.0. The van der Waals surface area contributed by atoms with Crippen molar-refractivity contribution in [1.82, 2.24) is 0 Å². The number of carbonyl (C=O) groups is 1. The average molecular weight is 249 g/mol. The highest BCUT2D eigenvalue weighted by molar-refractivity contribution is 7.92. The Morgan fingerprint density at radius 1 is 1.60 bits per heavy atom. The molecule has 1 heterocycles. The predicted octanol–water partition coefficient (Wildman–Crippen LogP) is 1.60. The van der Waals surface area contributed by atoms with Crippen LogP contribution in [0, 0.1) is 0 Å². The molecular weight excluding hydrogens is 238 g/mol. The van der Waals surface area contributed by atoms with Crippen molar-refractivity contribution in [3.8, 4) is 0 Å². The van der Waals surface area contributed by atoms with Crippen molar-refractivity contribution in [3.05, 3.63) is 17.0 Å². The molecule has 2 N–H and O–H groups in total.